The first-order valence-corrected chi connectivity index (χ1v) is 6.63. The van der Waals surface area contributed by atoms with Crippen molar-refractivity contribution < 1.29 is 4.79 Å². The summed E-state index contributed by atoms with van der Waals surface area (Å²) in [6.07, 6.45) is 1.01. The van der Waals surface area contributed by atoms with Gasteiger partial charge in [0.1, 0.15) is 0 Å². The van der Waals surface area contributed by atoms with Crippen molar-refractivity contribution in [1.82, 2.24) is 10.2 Å². The van der Waals surface area contributed by atoms with Gasteiger partial charge in [0.05, 0.1) is 4.88 Å². The molecule has 1 aromatic heterocycles. The summed E-state index contributed by atoms with van der Waals surface area (Å²) in [5, 5.41) is 3.34. The highest BCUT2D eigenvalue weighted by Gasteiger charge is 2.22. The average Bonchev–Trinajstić information content (AvgIpc) is 2.76. The zero-order valence-electron chi connectivity index (χ0n) is 9.82. The van der Waals surface area contributed by atoms with E-state index in [1.54, 1.807) is 11.3 Å². The third-order valence-corrected chi connectivity index (χ3v) is 4.09. The number of carbonyl (C=O) groups excluding carboxylic acids is 1. The van der Waals surface area contributed by atoms with Crippen molar-refractivity contribution in [3.63, 3.8) is 0 Å². The van der Waals surface area contributed by atoms with Crippen molar-refractivity contribution in [2.75, 3.05) is 19.6 Å². The molecule has 0 bridgehead atoms. The number of hydrogen-bond acceptors (Lipinski definition) is 3. The van der Waals surface area contributed by atoms with Gasteiger partial charge in [-0.15, -0.1) is 11.3 Å². The minimum absolute atomic E-state index is 0.193. The van der Waals surface area contributed by atoms with Crippen LogP contribution in [0.2, 0.25) is 0 Å². The quantitative estimate of drug-likeness (QED) is 0.851. The van der Waals surface area contributed by atoms with E-state index in [0.29, 0.717) is 6.04 Å². The third-order valence-electron chi connectivity index (χ3n) is 2.88. The van der Waals surface area contributed by atoms with Gasteiger partial charge in [-0.2, -0.15) is 0 Å². The van der Waals surface area contributed by atoms with Gasteiger partial charge in [-0.05, 0) is 25.5 Å². The Balaban J connectivity index is 2.06. The fourth-order valence-electron chi connectivity index (χ4n) is 1.96. The highest BCUT2D eigenvalue weighted by Crippen LogP contribution is 2.19. The van der Waals surface area contributed by atoms with Crippen molar-refractivity contribution in [3.8, 4) is 0 Å². The van der Waals surface area contributed by atoms with Gasteiger partial charge < -0.3 is 10.2 Å². The number of rotatable bonds is 2. The van der Waals surface area contributed by atoms with E-state index in [1.807, 2.05) is 11.0 Å². The van der Waals surface area contributed by atoms with Crippen LogP contribution >= 0.6 is 11.3 Å². The van der Waals surface area contributed by atoms with Crippen LogP contribution in [0.15, 0.2) is 12.1 Å². The van der Waals surface area contributed by atoms with Crippen LogP contribution in [-0.2, 0) is 6.42 Å². The van der Waals surface area contributed by atoms with E-state index in [0.717, 1.165) is 30.9 Å². The summed E-state index contributed by atoms with van der Waals surface area (Å²) in [6, 6.07) is 4.42. The number of piperazine rings is 1. The molecule has 1 aliphatic heterocycles. The molecule has 88 valence electrons. The largest absolute Gasteiger partial charge is 0.335 e. The average molecular weight is 238 g/mol. The zero-order chi connectivity index (χ0) is 11.5. The van der Waals surface area contributed by atoms with Gasteiger partial charge in [0.2, 0.25) is 0 Å². The number of nitrogens with one attached hydrogen (secondary N) is 1. The maximum atomic E-state index is 12.2. The van der Waals surface area contributed by atoms with Crippen LogP contribution in [-0.4, -0.2) is 36.5 Å². The Kier molecular flexibility index (Phi) is 3.61. The van der Waals surface area contributed by atoms with Crippen LogP contribution < -0.4 is 5.32 Å². The van der Waals surface area contributed by atoms with Gasteiger partial charge >= 0.3 is 0 Å². The van der Waals surface area contributed by atoms with Gasteiger partial charge in [0, 0.05) is 30.6 Å². The first-order chi connectivity index (χ1) is 7.70. The standard InChI is InChI=1S/C12H18N2OS/c1-3-10-4-5-11(16-10)12(15)14-7-6-13-9(2)8-14/h4-5,9,13H,3,6-8H2,1-2H3/t9-/m1/s1. The molecule has 1 aliphatic rings. The molecule has 1 N–H and O–H groups in total. The minimum Gasteiger partial charge on any atom is -0.335 e. The molecule has 0 spiro atoms. The molecule has 1 aromatic rings. The van der Waals surface area contributed by atoms with Crippen LogP contribution in [0.3, 0.4) is 0 Å². The minimum atomic E-state index is 0.193. The normalized spacial score (nSPS) is 21.1. The number of aryl methyl sites for hydroxylation is 1. The molecule has 2 heterocycles. The second-order valence-electron chi connectivity index (χ2n) is 4.23. The molecule has 1 saturated heterocycles. The van der Waals surface area contributed by atoms with E-state index in [1.165, 1.54) is 4.88 Å². The lowest BCUT2D eigenvalue weighted by Gasteiger charge is -2.31. The lowest BCUT2D eigenvalue weighted by molar-refractivity contribution is 0.0714. The van der Waals surface area contributed by atoms with Crippen LogP contribution in [0.25, 0.3) is 0 Å². The second kappa shape index (κ2) is 4.97. The molecule has 0 radical (unpaired) electrons. The van der Waals surface area contributed by atoms with Crippen molar-refractivity contribution >= 4 is 17.2 Å². The molecular weight excluding hydrogens is 220 g/mol. The molecule has 0 unspecified atom stereocenters. The maximum Gasteiger partial charge on any atom is 0.264 e. The van der Waals surface area contributed by atoms with E-state index in [-0.39, 0.29) is 5.91 Å². The van der Waals surface area contributed by atoms with Crippen LogP contribution in [0, 0.1) is 0 Å². The van der Waals surface area contributed by atoms with Crippen molar-refractivity contribution in [1.29, 1.82) is 0 Å². The Labute approximate surface area is 100 Å². The molecule has 4 heteroatoms. The molecule has 16 heavy (non-hydrogen) atoms. The Bertz CT molecular complexity index is 375. The predicted molar refractivity (Wildman–Crippen MR) is 67.1 cm³/mol. The monoisotopic (exact) mass is 238 g/mol. The highest BCUT2D eigenvalue weighted by molar-refractivity contribution is 7.14. The summed E-state index contributed by atoms with van der Waals surface area (Å²) in [6.45, 7) is 6.78. The third kappa shape index (κ3) is 2.44. The van der Waals surface area contributed by atoms with Gasteiger partial charge in [-0.1, -0.05) is 6.92 Å². The molecule has 1 atom stereocenters. The summed E-state index contributed by atoms with van der Waals surface area (Å²) in [5.74, 6) is 0.193. The van der Waals surface area contributed by atoms with Crippen LogP contribution in [0.1, 0.15) is 28.4 Å². The number of amides is 1. The SMILES string of the molecule is CCc1ccc(C(=O)N2CCN[C@H](C)C2)s1. The lowest BCUT2D eigenvalue weighted by atomic mass is 10.2. The van der Waals surface area contributed by atoms with E-state index in [2.05, 4.69) is 25.2 Å². The Morgan fingerprint density at radius 3 is 3.06 bits per heavy atom. The Hall–Kier alpha value is -0.870. The summed E-state index contributed by atoms with van der Waals surface area (Å²) in [7, 11) is 0. The zero-order valence-corrected chi connectivity index (χ0v) is 10.6. The van der Waals surface area contributed by atoms with E-state index in [4.69, 9.17) is 0 Å². The summed E-state index contributed by atoms with van der Waals surface area (Å²) >= 11 is 1.62. The number of nitrogens with zero attached hydrogens (tertiary/aromatic N) is 1. The molecule has 1 fully saturated rings. The van der Waals surface area contributed by atoms with Crippen LogP contribution in [0.5, 0.6) is 0 Å². The fourth-order valence-corrected chi connectivity index (χ4v) is 2.87. The fraction of sp³-hybridized carbons (Fsp3) is 0.583. The number of carbonyl (C=O) groups is 1. The molecule has 0 saturated carbocycles. The van der Waals surface area contributed by atoms with Crippen molar-refractivity contribution in [2.24, 2.45) is 0 Å². The molecule has 1 amide bonds. The van der Waals surface area contributed by atoms with Gasteiger partial charge in [-0.3, -0.25) is 4.79 Å². The van der Waals surface area contributed by atoms with Gasteiger partial charge in [-0.25, -0.2) is 0 Å². The second-order valence-corrected chi connectivity index (χ2v) is 5.39. The summed E-state index contributed by atoms with van der Waals surface area (Å²) < 4.78 is 0. The highest BCUT2D eigenvalue weighted by atomic mass is 32.1. The summed E-state index contributed by atoms with van der Waals surface area (Å²) in [5.41, 5.74) is 0. The summed E-state index contributed by atoms with van der Waals surface area (Å²) in [4.78, 5) is 16.3. The van der Waals surface area contributed by atoms with E-state index >= 15 is 0 Å². The topological polar surface area (TPSA) is 32.3 Å². The van der Waals surface area contributed by atoms with Crippen LogP contribution in [0.4, 0.5) is 0 Å². The van der Waals surface area contributed by atoms with Gasteiger partial charge in [0.15, 0.2) is 0 Å². The molecule has 0 aromatic carbocycles. The van der Waals surface area contributed by atoms with Gasteiger partial charge in [0.25, 0.3) is 5.91 Å². The molecule has 3 nitrogen and oxygen atoms in total. The smallest absolute Gasteiger partial charge is 0.264 e. The lowest BCUT2D eigenvalue weighted by Crippen LogP contribution is -2.51. The molecular formula is C12H18N2OS. The number of thiophene rings is 1. The van der Waals surface area contributed by atoms with E-state index in [9.17, 15) is 4.79 Å². The predicted octanol–water partition coefficient (Wildman–Crippen LogP) is 1.74. The van der Waals surface area contributed by atoms with Crippen molar-refractivity contribution in [2.45, 2.75) is 26.3 Å². The first kappa shape index (κ1) is 11.6. The Morgan fingerprint density at radius 1 is 1.62 bits per heavy atom. The molecule has 0 aliphatic carbocycles. The maximum absolute atomic E-state index is 12.2. The first-order valence-electron chi connectivity index (χ1n) is 5.82. The molecule has 2 rings (SSSR count). The van der Waals surface area contributed by atoms with Crippen molar-refractivity contribution in [3.05, 3.63) is 21.9 Å². The Morgan fingerprint density at radius 2 is 2.44 bits per heavy atom. The number of hydrogen-bond donors (Lipinski definition) is 1. The van der Waals surface area contributed by atoms with E-state index < -0.39 is 0 Å².